The van der Waals surface area contributed by atoms with E-state index in [0.717, 1.165) is 27.8 Å². The van der Waals surface area contributed by atoms with Crippen LogP contribution < -0.4 is 11.1 Å². The lowest BCUT2D eigenvalue weighted by Gasteiger charge is -2.04. The molecule has 0 aliphatic rings. The fraction of sp³-hybridized carbons (Fsp3) is 0.0588. The highest BCUT2D eigenvalue weighted by atomic mass is 32.1. The van der Waals surface area contributed by atoms with Crippen molar-refractivity contribution < 1.29 is 4.79 Å². The summed E-state index contributed by atoms with van der Waals surface area (Å²) in [6, 6.07) is 15.0. The van der Waals surface area contributed by atoms with Crippen LogP contribution in [0.2, 0.25) is 0 Å². The zero-order valence-corrected chi connectivity index (χ0v) is 12.9. The molecule has 0 aliphatic heterocycles. The Morgan fingerprint density at radius 3 is 2.68 bits per heavy atom. The van der Waals surface area contributed by atoms with Gasteiger partial charge >= 0.3 is 0 Å². The Balaban J connectivity index is 1.81. The van der Waals surface area contributed by atoms with Gasteiger partial charge in [-0.2, -0.15) is 0 Å². The lowest BCUT2D eigenvalue weighted by Crippen LogP contribution is -1.95. The molecule has 22 heavy (non-hydrogen) atoms. The summed E-state index contributed by atoms with van der Waals surface area (Å²) in [6.45, 7) is 1.56. The molecule has 0 aliphatic carbocycles. The molecule has 0 fully saturated rings. The number of nitrogens with one attached hydrogen (secondary N) is 1. The van der Waals surface area contributed by atoms with Crippen LogP contribution in [0.3, 0.4) is 0 Å². The summed E-state index contributed by atoms with van der Waals surface area (Å²) in [7, 11) is 0. The molecule has 0 amide bonds. The van der Waals surface area contributed by atoms with E-state index in [0.29, 0.717) is 5.56 Å². The summed E-state index contributed by atoms with van der Waals surface area (Å²) in [5.74, 6) is 0.0466. The molecular weight excluding hydrogens is 294 g/mol. The van der Waals surface area contributed by atoms with Crippen molar-refractivity contribution in [3.05, 3.63) is 59.5 Å². The third-order valence-electron chi connectivity index (χ3n) is 3.23. The first-order valence-corrected chi connectivity index (χ1v) is 7.69. The Bertz CT molecular complexity index is 809. The van der Waals surface area contributed by atoms with Gasteiger partial charge in [0, 0.05) is 27.9 Å². The van der Waals surface area contributed by atoms with Gasteiger partial charge in [0.25, 0.3) is 0 Å². The maximum Gasteiger partial charge on any atom is 0.187 e. The molecule has 1 aromatic heterocycles. The molecule has 0 saturated heterocycles. The minimum atomic E-state index is 0.0466. The lowest BCUT2D eigenvalue weighted by atomic mass is 10.1. The molecule has 4 nitrogen and oxygen atoms in total. The average Bonchev–Trinajstić information content (AvgIpc) is 2.96. The van der Waals surface area contributed by atoms with E-state index in [4.69, 9.17) is 5.73 Å². The maximum absolute atomic E-state index is 11.4. The normalized spacial score (nSPS) is 10.4. The van der Waals surface area contributed by atoms with E-state index >= 15 is 0 Å². The SMILES string of the molecule is CC(=O)c1cccc(Nc2nc(-c3ccc(N)cc3)cs2)c1. The summed E-state index contributed by atoms with van der Waals surface area (Å²) < 4.78 is 0. The topological polar surface area (TPSA) is 68.0 Å². The van der Waals surface area contributed by atoms with E-state index in [-0.39, 0.29) is 5.78 Å². The summed E-state index contributed by atoms with van der Waals surface area (Å²) >= 11 is 1.52. The fourth-order valence-electron chi connectivity index (χ4n) is 2.06. The smallest absolute Gasteiger partial charge is 0.187 e. The number of Topliss-reactive ketones (excluding diaryl/α,β-unsaturated/α-hetero) is 1. The van der Waals surface area contributed by atoms with Crippen molar-refractivity contribution in [2.45, 2.75) is 6.92 Å². The number of thiazole rings is 1. The fourth-order valence-corrected chi connectivity index (χ4v) is 2.80. The number of aromatic nitrogens is 1. The first kappa shape index (κ1) is 14.3. The van der Waals surface area contributed by atoms with E-state index in [1.54, 1.807) is 13.0 Å². The number of anilines is 3. The number of benzene rings is 2. The second kappa shape index (κ2) is 5.99. The first-order chi connectivity index (χ1) is 10.6. The zero-order chi connectivity index (χ0) is 15.5. The van der Waals surface area contributed by atoms with Crippen molar-refractivity contribution >= 4 is 33.6 Å². The number of hydrogen-bond acceptors (Lipinski definition) is 5. The highest BCUT2D eigenvalue weighted by molar-refractivity contribution is 7.14. The standard InChI is InChI=1S/C17H15N3OS/c1-11(21)13-3-2-4-15(9-13)19-17-20-16(10-22-17)12-5-7-14(18)8-6-12/h2-10H,18H2,1H3,(H,19,20). The van der Waals surface area contributed by atoms with Gasteiger partial charge in [-0.05, 0) is 31.2 Å². The third kappa shape index (κ3) is 3.15. The molecule has 0 bridgehead atoms. The molecule has 3 N–H and O–H groups in total. The second-order valence-corrected chi connectivity index (χ2v) is 5.78. The third-order valence-corrected chi connectivity index (χ3v) is 3.99. The van der Waals surface area contributed by atoms with Gasteiger partial charge in [-0.1, -0.05) is 24.3 Å². The minimum absolute atomic E-state index is 0.0466. The van der Waals surface area contributed by atoms with E-state index < -0.39 is 0 Å². The molecule has 3 aromatic rings. The average molecular weight is 309 g/mol. The van der Waals surface area contributed by atoms with Crippen molar-refractivity contribution in [1.29, 1.82) is 0 Å². The Morgan fingerprint density at radius 1 is 1.18 bits per heavy atom. The number of carbonyl (C=O) groups is 1. The second-order valence-electron chi connectivity index (χ2n) is 4.92. The van der Waals surface area contributed by atoms with Crippen molar-refractivity contribution in [2.24, 2.45) is 0 Å². The summed E-state index contributed by atoms with van der Waals surface area (Å²) in [5.41, 5.74) is 9.88. The van der Waals surface area contributed by atoms with Crippen LogP contribution in [0, 0.1) is 0 Å². The van der Waals surface area contributed by atoms with Crippen molar-refractivity contribution in [1.82, 2.24) is 4.98 Å². The minimum Gasteiger partial charge on any atom is -0.399 e. The molecule has 5 heteroatoms. The molecule has 2 aromatic carbocycles. The number of nitrogens with two attached hydrogens (primary N) is 1. The van der Waals surface area contributed by atoms with Gasteiger partial charge in [0.2, 0.25) is 0 Å². The highest BCUT2D eigenvalue weighted by Gasteiger charge is 2.06. The summed E-state index contributed by atoms with van der Waals surface area (Å²) in [5, 5.41) is 6.00. The summed E-state index contributed by atoms with van der Waals surface area (Å²) in [6.07, 6.45) is 0. The van der Waals surface area contributed by atoms with Crippen LogP contribution in [-0.2, 0) is 0 Å². The number of ketones is 1. The van der Waals surface area contributed by atoms with Gasteiger partial charge in [0.1, 0.15) is 0 Å². The number of carbonyl (C=O) groups excluding carboxylic acids is 1. The molecule has 3 rings (SSSR count). The Kier molecular flexibility index (Phi) is 3.89. The molecule has 0 atom stereocenters. The van der Waals surface area contributed by atoms with Crippen LogP contribution in [-0.4, -0.2) is 10.8 Å². The monoisotopic (exact) mass is 309 g/mol. The number of nitrogen functional groups attached to an aromatic ring is 1. The van der Waals surface area contributed by atoms with Crippen LogP contribution in [0.4, 0.5) is 16.5 Å². The van der Waals surface area contributed by atoms with Gasteiger partial charge in [-0.25, -0.2) is 4.98 Å². The van der Waals surface area contributed by atoms with Crippen LogP contribution in [0.15, 0.2) is 53.9 Å². The van der Waals surface area contributed by atoms with Gasteiger partial charge in [0.15, 0.2) is 10.9 Å². The number of rotatable bonds is 4. The van der Waals surface area contributed by atoms with Crippen molar-refractivity contribution in [3.63, 3.8) is 0 Å². The van der Waals surface area contributed by atoms with E-state index in [1.807, 2.05) is 47.8 Å². The first-order valence-electron chi connectivity index (χ1n) is 6.81. The van der Waals surface area contributed by atoms with Crippen LogP contribution >= 0.6 is 11.3 Å². The van der Waals surface area contributed by atoms with Crippen LogP contribution in [0.1, 0.15) is 17.3 Å². The molecular formula is C17H15N3OS. The maximum atomic E-state index is 11.4. The number of hydrogen-bond donors (Lipinski definition) is 2. The predicted molar refractivity (Wildman–Crippen MR) is 91.7 cm³/mol. The van der Waals surface area contributed by atoms with Crippen LogP contribution in [0.5, 0.6) is 0 Å². The van der Waals surface area contributed by atoms with Crippen LogP contribution in [0.25, 0.3) is 11.3 Å². The quantitative estimate of drug-likeness (QED) is 0.556. The molecule has 0 unspecified atom stereocenters. The van der Waals surface area contributed by atoms with Gasteiger partial charge in [-0.15, -0.1) is 11.3 Å². The molecule has 1 heterocycles. The van der Waals surface area contributed by atoms with Gasteiger partial charge in [-0.3, -0.25) is 4.79 Å². The summed E-state index contributed by atoms with van der Waals surface area (Å²) in [4.78, 5) is 16.0. The largest absolute Gasteiger partial charge is 0.399 e. The van der Waals surface area contributed by atoms with Gasteiger partial charge in [0.05, 0.1) is 5.69 Å². The molecule has 0 radical (unpaired) electrons. The van der Waals surface area contributed by atoms with Crippen molar-refractivity contribution in [3.8, 4) is 11.3 Å². The van der Waals surface area contributed by atoms with Gasteiger partial charge < -0.3 is 11.1 Å². The number of nitrogens with zero attached hydrogens (tertiary/aromatic N) is 1. The molecule has 110 valence electrons. The van der Waals surface area contributed by atoms with E-state index in [9.17, 15) is 4.79 Å². The Labute approximate surface area is 132 Å². The van der Waals surface area contributed by atoms with Crippen molar-refractivity contribution in [2.75, 3.05) is 11.1 Å². The Morgan fingerprint density at radius 2 is 1.95 bits per heavy atom. The predicted octanol–water partition coefficient (Wildman–Crippen LogP) is 4.34. The van der Waals surface area contributed by atoms with E-state index in [2.05, 4.69) is 10.3 Å². The van der Waals surface area contributed by atoms with E-state index in [1.165, 1.54) is 11.3 Å². The molecule has 0 saturated carbocycles. The lowest BCUT2D eigenvalue weighted by molar-refractivity contribution is 0.101. The molecule has 0 spiro atoms. The Hall–Kier alpha value is -2.66. The zero-order valence-electron chi connectivity index (χ0n) is 12.0. The highest BCUT2D eigenvalue weighted by Crippen LogP contribution is 2.27.